The van der Waals surface area contributed by atoms with Gasteiger partial charge in [0.2, 0.25) is 0 Å². The van der Waals surface area contributed by atoms with E-state index >= 15 is 0 Å². The van der Waals surface area contributed by atoms with E-state index in [9.17, 15) is 4.79 Å². The zero-order valence-electron chi connectivity index (χ0n) is 15.4. The Balaban J connectivity index is 2.05. The minimum atomic E-state index is -0.795. The Morgan fingerprint density at radius 3 is 2.67 bits per heavy atom. The highest BCUT2D eigenvalue weighted by atomic mass is 35.5. The minimum absolute atomic E-state index is 0.330. The zero-order chi connectivity index (χ0) is 20.0. The fourth-order valence-corrected chi connectivity index (χ4v) is 3.15. The Morgan fingerprint density at radius 2 is 2.04 bits per heavy atom. The summed E-state index contributed by atoms with van der Waals surface area (Å²) in [6.45, 7) is 4.57. The Hall–Kier alpha value is -2.11. The molecule has 5 nitrogen and oxygen atoms in total. The molecule has 0 aliphatic carbocycles. The molecule has 4 N–H and O–H groups in total. The average Bonchev–Trinajstić information content (AvgIpc) is 2.61. The van der Waals surface area contributed by atoms with E-state index < -0.39 is 11.9 Å². The number of ether oxygens (including phenoxy) is 1. The Bertz CT molecular complexity index is 812. The van der Waals surface area contributed by atoms with E-state index in [1.54, 1.807) is 12.1 Å². The highest BCUT2D eigenvalue weighted by molar-refractivity contribution is 6.35. The lowest BCUT2D eigenvalue weighted by Crippen LogP contribution is -2.16. The van der Waals surface area contributed by atoms with Crippen LogP contribution in [0.15, 0.2) is 30.3 Å². The number of hydrogen-bond donors (Lipinski definition) is 3. The van der Waals surface area contributed by atoms with Gasteiger partial charge in [0.15, 0.2) is 0 Å². The van der Waals surface area contributed by atoms with Crippen LogP contribution in [0.1, 0.15) is 30.9 Å². The van der Waals surface area contributed by atoms with E-state index in [-0.39, 0.29) is 0 Å². The lowest BCUT2D eigenvalue weighted by molar-refractivity contribution is -0.142. The molecule has 0 radical (unpaired) electrons. The molecule has 2 aromatic carbocycles. The van der Waals surface area contributed by atoms with Crippen molar-refractivity contribution in [1.29, 1.82) is 0 Å². The van der Waals surface area contributed by atoms with Crippen molar-refractivity contribution in [1.82, 2.24) is 0 Å². The standard InChI is InChI=1S/C20H24Cl2N2O3/c1-3-13(20(25)26)6-7-27-16-8-12(2)19(23)18(10-16)24-11-14-4-5-15(21)9-17(14)22/h4-5,8-10,13,24H,3,6-7,11,23H2,1-2H3,(H,25,26). The summed E-state index contributed by atoms with van der Waals surface area (Å²) in [7, 11) is 0. The quantitative estimate of drug-likeness (QED) is 0.483. The van der Waals surface area contributed by atoms with E-state index in [0.29, 0.717) is 47.5 Å². The molecule has 2 rings (SSSR count). The van der Waals surface area contributed by atoms with Crippen LogP contribution in [0.3, 0.4) is 0 Å². The monoisotopic (exact) mass is 410 g/mol. The summed E-state index contributed by atoms with van der Waals surface area (Å²) >= 11 is 12.1. The number of nitrogens with one attached hydrogen (secondary N) is 1. The van der Waals surface area contributed by atoms with Crippen LogP contribution in [0.4, 0.5) is 11.4 Å². The van der Waals surface area contributed by atoms with Gasteiger partial charge in [-0.3, -0.25) is 4.79 Å². The number of anilines is 2. The SMILES string of the molecule is CCC(CCOc1cc(C)c(N)c(NCc2ccc(Cl)cc2Cl)c1)C(=O)O. The maximum Gasteiger partial charge on any atom is 0.306 e. The van der Waals surface area contributed by atoms with Crippen LogP contribution in [-0.2, 0) is 11.3 Å². The lowest BCUT2D eigenvalue weighted by atomic mass is 10.0. The van der Waals surface area contributed by atoms with Crippen LogP contribution < -0.4 is 15.8 Å². The van der Waals surface area contributed by atoms with Gasteiger partial charge in [-0.05, 0) is 49.1 Å². The van der Waals surface area contributed by atoms with E-state index in [2.05, 4.69) is 5.32 Å². The largest absolute Gasteiger partial charge is 0.493 e. The number of carboxylic acids is 1. The first-order valence-corrected chi connectivity index (χ1v) is 9.51. The summed E-state index contributed by atoms with van der Waals surface area (Å²) in [6.07, 6.45) is 1.03. The molecule has 0 saturated heterocycles. The second-order valence-corrected chi connectivity index (χ2v) is 7.21. The van der Waals surface area contributed by atoms with Gasteiger partial charge in [0.1, 0.15) is 5.75 Å². The van der Waals surface area contributed by atoms with Gasteiger partial charge in [0.05, 0.1) is 23.9 Å². The molecule has 0 amide bonds. The Morgan fingerprint density at radius 1 is 1.30 bits per heavy atom. The third kappa shape index (κ3) is 5.94. The van der Waals surface area contributed by atoms with E-state index in [0.717, 1.165) is 16.8 Å². The number of aryl methyl sites for hydroxylation is 1. The van der Waals surface area contributed by atoms with Gasteiger partial charge in [-0.25, -0.2) is 0 Å². The highest BCUT2D eigenvalue weighted by Crippen LogP contribution is 2.30. The van der Waals surface area contributed by atoms with Gasteiger partial charge in [-0.15, -0.1) is 0 Å². The number of rotatable bonds is 9. The summed E-state index contributed by atoms with van der Waals surface area (Å²) in [6, 6.07) is 9.00. The molecule has 0 aromatic heterocycles. The highest BCUT2D eigenvalue weighted by Gasteiger charge is 2.15. The summed E-state index contributed by atoms with van der Waals surface area (Å²) in [5.41, 5.74) is 9.31. The van der Waals surface area contributed by atoms with Crippen molar-refractivity contribution in [3.05, 3.63) is 51.5 Å². The molecule has 1 unspecified atom stereocenters. The summed E-state index contributed by atoms with van der Waals surface area (Å²) in [4.78, 5) is 11.1. The van der Waals surface area contributed by atoms with Gasteiger partial charge in [0, 0.05) is 22.7 Å². The molecule has 27 heavy (non-hydrogen) atoms. The third-order valence-corrected chi connectivity index (χ3v) is 5.01. The van der Waals surface area contributed by atoms with Gasteiger partial charge in [-0.1, -0.05) is 36.2 Å². The van der Waals surface area contributed by atoms with Crippen LogP contribution >= 0.6 is 23.2 Å². The molecule has 0 saturated carbocycles. The lowest BCUT2D eigenvalue weighted by Gasteiger charge is -2.16. The topological polar surface area (TPSA) is 84.6 Å². The second-order valence-electron chi connectivity index (χ2n) is 6.37. The number of carbonyl (C=O) groups is 1. The molecule has 0 bridgehead atoms. The van der Waals surface area contributed by atoms with Crippen LogP contribution in [0.25, 0.3) is 0 Å². The Kier molecular flexibility index (Phi) is 7.63. The molecule has 146 valence electrons. The number of nitrogens with two attached hydrogens (primary N) is 1. The summed E-state index contributed by atoms with van der Waals surface area (Å²) in [5.74, 6) is -0.548. The van der Waals surface area contributed by atoms with Gasteiger partial charge in [0.25, 0.3) is 0 Å². The first kappa shape index (κ1) is 21.2. The number of halogens is 2. The van der Waals surface area contributed by atoms with E-state index in [1.165, 1.54) is 0 Å². The number of aliphatic carboxylic acids is 1. The van der Waals surface area contributed by atoms with Gasteiger partial charge >= 0.3 is 5.97 Å². The molecule has 7 heteroatoms. The molecule has 0 aliphatic heterocycles. The van der Waals surface area contributed by atoms with Crippen molar-refractivity contribution in [2.45, 2.75) is 33.2 Å². The van der Waals surface area contributed by atoms with Crippen LogP contribution in [-0.4, -0.2) is 17.7 Å². The number of hydrogen-bond acceptors (Lipinski definition) is 4. The maximum absolute atomic E-state index is 11.1. The van der Waals surface area contributed by atoms with E-state index in [4.69, 9.17) is 38.8 Å². The smallest absolute Gasteiger partial charge is 0.306 e. The first-order valence-electron chi connectivity index (χ1n) is 8.75. The van der Waals surface area contributed by atoms with Crippen LogP contribution in [0.5, 0.6) is 5.75 Å². The van der Waals surface area contributed by atoms with Crippen LogP contribution in [0.2, 0.25) is 10.0 Å². The Labute approximate surface area is 169 Å². The molecule has 0 aliphatic rings. The fourth-order valence-electron chi connectivity index (χ4n) is 2.67. The first-order chi connectivity index (χ1) is 12.8. The number of carboxylic acid groups (broad SMARTS) is 1. The van der Waals surface area contributed by atoms with Crippen molar-refractivity contribution in [2.75, 3.05) is 17.7 Å². The second kappa shape index (κ2) is 9.72. The summed E-state index contributed by atoms with van der Waals surface area (Å²) in [5, 5.41) is 13.5. The van der Waals surface area contributed by atoms with Crippen molar-refractivity contribution in [3.63, 3.8) is 0 Å². The fraction of sp³-hybridized carbons (Fsp3) is 0.350. The molecular weight excluding hydrogens is 387 g/mol. The van der Waals surface area contributed by atoms with Crippen molar-refractivity contribution in [2.24, 2.45) is 5.92 Å². The van der Waals surface area contributed by atoms with Crippen molar-refractivity contribution < 1.29 is 14.6 Å². The minimum Gasteiger partial charge on any atom is -0.493 e. The molecule has 0 heterocycles. The van der Waals surface area contributed by atoms with E-state index in [1.807, 2.05) is 32.0 Å². The van der Waals surface area contributed by atoms with Gasteiger partial charge in [-0.2, -0.15) is 0 Å². The molecule has 2 aromatic rings. The average molecular weight is 411 g/mol. The molecule has 1 atom stereocenters. The van der Waals surface area contributed by atoms with Crippen molar-refractivity contribution in [3.8, 4) is 5.75 Å². The molecule has 0 fully saturated rings. The molecule has 0 spiro atoms. The summed E-state index contributed by atoms with van der Waals surface area (Å²) < 4.78 is 5.75. The molecular formula is C20H24Cl2N2O3. The third-order valence-electron chi connectivity index (χ3n) is 4.42. The maximum atomic E-state index is 11.1. The number of nitrogen functional groups attached to an aromatic ring is 1. The van der Waals surface area contributed by atoms with Crippen molar-refractivity contribution >= 4 is 40.5 Å². The number of benzene rings is 2. The van der Waals surface area contributed by atoms with Gasteiger partial charge < -0.3 is 20.9 Å². The predicted octanol–water partition coefficient (Wildman–Crippen LogP) is 5.38. The predicted molar refractivity (Wildman–Crippen MR) is 111 cm³/mol. The normalized spacial score (nSPS) is 11.9. The van der Waals surface area contributed by atoms with Crippen LogP contribution in [0, 0.1) is 12.8 Å². The zero-order valence-corrected chi connectivity index (χ0v) is 16.9.